The van der Waals surface area contributed by atoms with Crippen molar-refractivity contribution < 1.29 is 14.0 Å². The minimum absolute atomic E-state index is 0.387. The van der Waals surface area contributed by atoms with Gasteiger partial charge in [0, 0.05) is 14.7 Å². The molecule has 1 aromatic heterocycles. The Labute approximate surface area is 170 Å². The zero-order chi connectivity index (χ0) is 20.6. The lowest BCUT2D eigenvalue weighted by Crippen LogP contribution is -2.41. The molecule has 5 nitrogen and oxygen atoms in total. The quantitative estimate of drug-likeness (QED) is 0.517. The fourth-order valence-electron chi connectivity index (χ4n) is 2.98. The van der Waals surface area contributed by atoms with Crippen LogP contribution in [-0.2, 0) is 20.8 Å². The molecule has 1 saturated heterocycles. The largest absolute Gasteiger partial charge is 0.516 e. The van der Waals surface area contributed by atoms with Gasteiger partial charge in [-0.15, -0.1) is 0 Å². The van der Waals surface area contributed by atoms with Gasteiger partial charge in [-0.25, -0.2) is 4.68 Å². The second-order valence-corrected chi connectivity index (χ2v) is 15.4. The predicted octanol–water partition coefficient (Wildman–Crippen LogP) is 4.16. The van der Waals surface area contributed by atoms with Crippen molar-refractivity contribution in [3.05, 3.63) is 36.4 Å². The molecule has 152 valence electrons. The molecule has 2 heterocycles. The SMILES string of the molecule is CC1(C)OB(c2cc(-c3ccccc3)n(COCC[Si](C)(C)C)n2)OC1(C)C. The van der Waals surface area contributed by atoms with Crippen molar-refractivity contribution in [3.8, 4) is 11.3 Å². The molecule has 1 aliphatic heterocycles. The minimum atomic E-state index is -1.12. The Hall–Kier alpha value is -1.41. The van der Waals surface area contributed by atoms with Gasteiger partial charge in [0.25, 0.3) is 0 Å². The van der Waals surface area contributed by atoms with Gasteiger partial charge >= 0.3 is 7.12 Å². The Balaban J connectivity index is 1.82. The number of hydrogen-bond acceptors (Lipinski definition) is 4. The lowest BCUT2D eigenvalue weighted by atomic mass is 9.84. The van der Waals surface area contributed by atoms with Crippen molar-refractivity contribution in [2.45, 2.75) is 71.3 Å². The molecule has 1 fully saturated rings. The van der Waals surface area contributed by atoms with Crippen molar-refractivity contribution in [2.75, 3.05) is 6.61 Å². The standard InChI is InChI=1S/C21H33BN2O3Si/c1-20(2)21(3,4)27-22(26-20)19-15-18(17-11-9-8-10-12-17)24(23-19)16-25-13-14-28(5,6)7/h8-12,15H,13-14,16H2,1-7H3. The second kappa shape index (κ2) is 7.78. The molecule has 2 aromatic rings. The Kier molecular flexibility index (Phi) is 5.92. The van der Waals surface area contributed by atoms with Crippen LogP contribution in [0.15, 0.2) is 36.4 Å². The number of hydrogen-bond donors (Lipinski definition) is 0. The van der Waals surface area contributed by atoms with Crippen LogP contribution in [0.3, 0.4) is 0 Å². The van der Waals surface area contributed by atoms with Gasteiger partial charge in [-0.05, 0) is 45.4 Å². The van der Waals surface area contributed by atoms with Crippen LogP contribution in [0.1, 0.15) is 27.7 Å². The van der Waals surface area contributed by atoms with Crippen molar-refractivity contribution >= 4 is 20.8 Å². The normalized spacial score (nSPS) is 18.6. The van der Waals surface area contributed by atoms with Crippen LogP contribution < -0.4 is 5.59 Å². The Morgan fingerprint density at radius 3 is 2.21 bits per heavy atom. The van der Waals surface area contributed by atoms with Crippen LogP contribution in [0.5, 0.6) is 0 Å². The summed E-state index contributed by atoms with van der Waals surface area (Å²) in [6.07, 6.45) is 0. The van der Waals surface area contributed by atoms with Crippen molar-refractivity contribution in [1.29, 1.82) is 0 Å². The number of aromatic nitrogens is 2. The molecule has 7 heteroatoms. The fourth-order valence-corrected chi connectivity index (χ4v) is 3.74. The van der Waals surface area contributed by atoms with E-state index in [0.29, 0.717) is 6.73 Å². The molecule has 28 heavy (non-hydrogen) atoms. The first-order chi connectivity index (χ1) is 13.0. The van der Waals surface area contributed by atoms with Crippen molar-refractivity contribution in [2.24, 2.45) is 0 Å². The fraction of sp³-hybridized carbons (Fsp3) is 0.571. The second-order valence-electron chi connectivity index (χ2n) is 9.76. The van der Waals surface area contributed by atoms with Crippen LogP contribution in [0.2, 0.25) is 25.7 Å². The molecule has 0 unspecified atom stereocenters. The first-order valence-electron chi connectivity index (χ1n) is 10.1. The maximum Gasteiger partial charge on any atom is 0.516 e. The average molecular weight is 400 g/mol. The summed E-state index contributed by atoms with van der Waals surface area (Å²) in [6, 6.07) is 13.5. The van der Waals surface area contributed by atoms with Gasteiger partial charge in [0.15, 0.2) is 0 Å². The molecule has 0 saturated carbocycles. The van der Waals surface area contributed by atoms with E-state index in [0.717, 1.165) is 29.5 Å². The van der Waals surface area contributed by atoms with E-state index in [1.807, 2.05) is 22.9 Å². The van der Waals surface area contributed by atoms with Crippen molar-refractivity contribution in [3.63, 3.8) is 0 Å². The molecule has 0 aliphatic carbocycles. The number of rotatable bonds is 7. The summed E-state index contributed by atoms with van der Waals surface area (Å²) in [4.78, 5) is 0. The summed E-state index contributed by atoms with van der Waals surface area (Å²) in [5.41, 5.74) is 2.13. The summed E-state index contributed by atoms with van der Waals surface area (Å²) < 4.78 is 20.3. The number of ether oxygens (including phenoxy) is 1. The van der Waals surface area contributed by atoms with Gasteiger partial charge in [0.1, 0.15) is 6.73 Å². The number of nitrogens with zero attached hydrogens (tertiary/aromatic N) is 2. The Morgan fingerprint density at radius 2 is 1.64 bits per heavy atom. The Bertz CT molecular complexity index is 784. The average Bonchev–Trinajstić information content (AvgIpc) is 3.10. The van der Waals surface area contributed by atoms with E-state index in [1.165, 1.54) is 0 Å². The highest BCUT2D eigenvalue weighted by Crippen LogP contribution is 2.36. The van der Waals surface area contributed by atoms with Gasteiger partial charge in [-0.2, -0.15) is 5.10 Å². The molecule has 3 rings (SSSR count). The predicted molar refractivity (Wildman–Crippen MR) is 117 cm³/mol. The molecule has 0 bridgehead atoms. The minimum Gasteiger partial charge on any atom is -0.398 e. The highest BCUT2D eigenvalue weighted by atomic mass is 28.3. The zero-order valence-corrected chi connectivity index (χ0v) is 19.3. The van der Waals surface area contributed by atoms with Gasteiger partial charge in [0.05, 0.1) is 22.5 Å². The van der Waals surface area contributed by atoms with E-state index in [1.54, 1.807) is 0 Å². The van der Waals surface area contributed by atoms with Crippen LogP contribution in [0.4, 0.5) is 0 Å². The molecule has 0 spiro atoms. The van der Waals surface area contributed by atoms with E-state index < -0.39 is 15.2 Å². The molecule has 0 amide bonds. The molecule has 0 atom stereocenters. The molecule has 0 radical (unpaired) electrons. The molecular weight excluding hydrogens is 367 g/mol. The molecular formula is C21H33BN2O3Si. The van der Waals surface area contributed by atoms with Crippen LogP contribution >= 0.6 is 0 Å². The van der Waals surface area contributed by atoms with Crippen LogP contribution in [0.25, 0.3) is 11.3 Å². The van der Waals surface area contributed by atoms with E-state index in [4.69, 9.17) is 19.1 Å². The van der Waals surface area contributed by atoms with E-state index in [9.17, 15) is 0 Å². The van der Waals surface area contributed by atoms with Gasteiger partial charge < -0.3 is 14.0 Å². The van der Waals surface area contributed by atoms with Crippen LogP contribution in [-0.4, -0.2) is 42.8 Å². The monoisotopic (exact) mass is 400 g/mol. The molecule has 1 aliphatic rings. The third kappa shape index (κ3) is 4.77. The topological polar surface area (TPSA) is 45.5 Å². The lowest BCUT2D eigenvalue weighted by molar-refractivity contribution is 0.00578. The number of benzene rings is 1. The zero-order valence-electron chi connectivity index (χ0n) is 18.3. The van der Waals surface area contributed by atoms with E-state index in [2.05, 4.69) is 65.5 Å². The summed E-state index contributed by atoms with van der Waals surface area (Å²) in [6.45, 7) is 16.5. The van der Waals surface area contributed by atoms with Crippen molar-refractivity contribution in [1.82, 2.24) is 9.78 Å². The van der Waals surface area contributed by atoms with E-state index >= 15 is 0 Å². The molecule has 0 N–H and O–H groups in total. The molecule has 1 aromatic carbocycles. The first-order valence-corrected chi connectivity index (χ1v) is 13.8. The summed E-state index contributed by atoms with van der Waals surface area (Å²) >= 11 is 0. The highest BCUT2D eigenvalue weighted by molar-refractivity contribution is 6.76. The Morgan fingerprint density at radius 1 is 1.04 bits per heavy atom. The first kappa shape index (κ1) is 21.3. The lowest BCUT2D eigenvalue weighted by Gasteiger charge is -2.32. The van der Waals surface area contributed by atoms with Gasteiger partial charge in [0.2, 0.25) is 0 Å². The summed E-state index contributed by atoms with van der Waals surface area (Å²) in [5.74, 6) is 0. The van der Waals surface area contributed by atoms with Crippen LogP contribution in [0, 0.1) is 0 Å². The smallest absolute Gasteiger partial charge is 0.398 e. The highest BCUT2D eigenvalue weighted by Gasteiger charge is 2.52. The van der Waals surface area contributed by atoms with Gasteiger partial charge in [-0.1, -0.05) is 50.0 Å². The third-order valence-electron chi connectivity index (χ3n) is 5.57. The summed E-state index contributed by atoms with van der Waals surface area (Å²) in [5, 5.41) is 4.79. The maximum atomic E-state index is 6.19. The van der Waals surface area contributed by atoms with Gasteiger partial charge in [-0.3, -0.25) is 0 Å². The summed E-state index contributed by atoms with van der Waals surface area (Å²) in [7, 11) is -1.59. The third-order valence-corrected chi connectivity index (χ3v) is 7.28. The van der Waals surface area contributed by atoms with E-state index in [-0.39, 0.29) is 11.2 Å². The maximum absolute atomic E-state index is 6.19.